The van der Waals surface area contributed by atoms with Crippen LogP contribution in [0.25, 0.3) is 0 Å². The van der Waals surface area contributed by atoms with Crippen molar-refractivity contribution in [1.29, 1.82) is 0 Å². The summed E-state index contributed by atoms with van der Waals surface area (Å²) in [5.41, 5.74) is 0.726. The number of rotatable bonds is 5. The van der Waals surface area contributed by atoms with E-state index in [9.17, 15) is 18.0 Å². The molecule has 0 saturated heterocycles. The van der Waals surface area contributed by atoms with Crippen molar-refractivity contribution in [2.75, 3.05) is 13.2 Å². The predicted molar refractivity (Wildman–Crippen MR) is 76.1 cm³/mol. The number of nitrogens with zero attached hydrogens (tertiary/aromatic N) is 1. The second kappa shape index (κ2) is 6.96. The van der Waals surface area contributed by atoms with Gasteiger partial charge in [0.2, 0.25) is 0 Å². The van der Waals surface area contributed by atoms with E-state index >= 15 is 0 Å². The molecule has 0 fully saturated rings. The van der Waals surface area contributed by atoms with Crippen LogP contribution in [0.3, 0.4) is 0 Å². The molecular weight excluding hydrogens is 295 g/mol. The first-order valence-corrected chi connectivity index (χ1v) is 7.11. The largest absolute Gasteiger partial charge is 0.409 e. The number of alkyl halides is 3. The van der Waals surface area contributed by atoms with E-state index in [1.54, 1.807) is 37.3 Å². The predicted octanol–water partition coefficient (Wildman–Crippen LogP) is 3.48. The first-order valence-electron chi connectivity index (χ1n) is 7.11. The molecule has 22 heavy (non-hydrogen) atoms. The van der Waals surface area contributed by atoms with E-state index in [-0.39, 0.29) is 6.61 Å². The molecule has 1 heterocycles. The average Bonchev–Trinajstić information content (AvgIpc) is 2.49. The van der Waals surface area contributed by atoms with Crippen molar-refractivity contribution in [1.82, 2.24) is 4.90 Å². The Hall–Kier alpha value is -1.82. The minimum atomic E-state index is -4.47. The fourth-order valence-electron chi connectivity index (χ4n) is 2.50. The van der Waals surface area contributed by atoms with Crippen molar-refractivity contribution in [3.63, 3.8) is 0 Å². The van der Waals surface area contributed by atoms with Crippen LogP contribution in [0.5, 0.6) is 0 Å². The third-order valence-electron chi connectivity index (χ3n) is 3.59. The van der Waals surface area contributed by atoms with Crippen molar-refractivity contribution >= 4 is 5.78 Å². The number of hydrogen-bond acceptors (Lipinski definition) is 3. The first kappa shape index (κ1) is 16.5. The van der Waals surface area contributed by atoms with Crippen molar-refractivity contribution in [2.45, 2.75) is 31.6 Å². The molecule has 2 rings (SSSR count). The van der Waals surface area contributed by atoms with Gasteiger partial charge in [-0.15, -0.1) is 0 Å². The molecule has 1 aromatic rings. The molecule has 0 bridgehead atoms. The summed E-state index contributed by atoms with van der Waals surface area (Å²) in [7, 11) is 0. The molecule has 0 N–H and O–H groups in total. The maximum absolute atomic E-state index is 13.3. The second-order valence-corrected chi connectivity index (χ2v) is 5.08. The molecule has 0 radical (unpaired) electrons. The molecule has 0 aromatic heterocycles. The van der Waals surface area contributed by atoms with Crippen molar-refractivity contribution < 1.29 is 22.7 Å². The fourth-order valence-corrected chi connectivity index (χ4v) is 2.50. The van der Waals surface area contributed by atoms with Crippen molar-refractivity contribution in [3.8, 4) is 0 Å². The number of carbonyl (C=O) groups excluding carboxylic acids is 1. The highest BCUT2D eigenvalue weighted by molar-refractivity contribution is 5.90. The third kappa shape index (κ3) is 3.88. The van der Waals surface area contributed by atoms with Gasteiger partial charge in [-0.05, 0) is 18.6 Å². The highest BCUT2D eigenvalue weighted by Crippen LogP contribution is 2.36. The smallest absolute Gasteiger partial charge is 0.379 e. The molecule has 120 valence electrons. The zero-order chi connectivity index (χ0) is 16.2. The van der Waals surface area contributed by atoms with E-state index in [4.69, 9.17) is 4.74 Å². The Balaban J connectivity index is 2.35. The first-order chi connectivity index (χ1) is 10.4. The number of ether oxygens (including phenoxy) is 1. The maximum Gasteiger partial charge on any atom is 0.409 e. The molecule has 0 spiro atoms. The van der Waals surface area contributed by atoms with E-state index < -0.39 is 30.5 Å². The van der Waals surface area contributed by atoms with E-state index in [1.807, 2.05) is 0 Å². The highest BCUT2D eigenvalue weighted by Gasteiger charge is 2.47. The average molecular weight is 313 g/mol. The van der Waals surface area contributed by atoms with Gasteiger partial charge in [-0.2, -0.15) is 13.2 Å². The van der Waals surface area contributed by atoms with Gasteiger partial charge in [0.25, 0.3) is 0 Å². The van der Waals surface area contributed by atoms with Crippen LogP contribution in [-0.2, 0) is 9.53 Å². The molecule has 0 aliphatic carbocycles. The van der Waals surface area contributed by atoms with E-state index in [0.717, 1.165) is 5.56 Å². The SMILES string of the molecule is CCOC[C@@H](c1ccccc1)N1C=CC(=O)C[C@@H]1C(F)(F)F. The van der Waals surface area contributed by atoms with Crippen LogP contribution in [0.1, 0.15) is 24.9 Å². The zero-order valence-electron chi connectivity index (χ0n) is 12.2. The van der Waals surface area contributed by atoms with Gasteiger partial charge >= 0.3 is 6.18 Å². The van der Waals surface area contributed by atoms with Crippen LogP contribution in [0.2, 0.25) is 0 Å². The van der Waals surface area contributed by atoms with E-state index in [0.29, 0.717) is 6.61 Å². The molecule has 3 nitrogen and oxygen atoms in total. The van der Waals surface area contributed by atoms with Gasteiger partial charge in [0.15, 0.2) is 5.78 Å². The minimum Gasteiger partial charge on any atom is -0.379 e. The van der Waals surface area contributed by atoms with E-state index in [2.05, 4.69) is 0 Å². The Morgan fingerprint density at radius 2 is 2.00 bits per heavy atom. The molecule has 0 saturated carbocycles. The summed E-state index contributed by atoms with van der Waals surface area (Å²) in [6.07, 6.45) is -2.60. The zero-order valence-corrected chi connectivity index (χ0v) is 12.2. The van der Waals surface area contributed by atoms with Crippen LogP contribution in [0, 0.1) is 0 Å². The molecule has 1 aromatic carbocycles. The molecule has 0 amide bonds. The number of allylic oxidation sites excluding steroid dienone is 1. The van der Waals surface area contributed by atoms with Crippen LogP contribution in [-0.4, -0.2) is 36.1 Å². The Morgan fingerprint density at radius 3 is 2.59 bits per heavy atom. The van der Waals surface area contributed by atoms with Gasteiger partial charge in [-0.3, -0.25) is 4.79 Å². The van der Waals surface area contributed by atoms with Gasteiger partial charge in [-0.1, -0.05) is 30.3 Å². The van der Waals surface area contributed by atoms with Crippen LogP contribution in [0.4, 0.5) is 13.2 Å². The molecule has 2 atom stereocenters. The number of halogens is 3. The summed E-state index contributed by atoms with van der Waals surface area (Å²) in [6.45, 7) is 2.33. The maximum atomic E-state index is 13.3. The van der Waals surface area contributed by atoms with Gasteiger partial charge in [0.05, 0.1) is 12.6 Å². The summed E-state index contributed by atoms with van der Waals surface area (Å²) in [6, 6.07) is 6.47. The Labute approximate surface area is 127 Å². The number of carbonyl (C=O) groups is 1. The highest BCUT2D eigenvalue weighted by atomic mass is 19.4. The van der Waals surface area contributed by atoms with E-state index in [1.165, 1.54) is 17.2 Å². The molecule has 0 unspecified atom stereocenters. The Morgan fingerprint density at radius 1 is 1.32 bits per heavy atom. The van der Waals surface area contributed by atoms with Crippen molar-refractivity contribution in [2.24, 2.45) is 0 Å². The summed E-state index contributed by atoms with van der Waals surface area (Å²) < 4.78 is 45.2. The number of hydrogen-bond donors (Lipinski definition) is 0. The molecule has 1 aliphatic heterocycles. The Kier molecular flexibility index (Phi) is 5.24. The second-order valence-electron chi connectivity index (χ2n) is 5.08. The summed E-state index contributed by atoms with van der Waals surface area (Å²) in [4.78, 5) is 12.6. The number of benzene rings is 1. The Bertz CT molecular complexity index is 528. The van der Waals surface area contributed by atoms with Gasteiger partial charge in [0, 0.05) is 19.2 Å². The van der Waals surface area contributed by atoms with Crippen molar-refractivity contribution in [3.05, 3.63) is 48.2 Å². The topological polar surface area (TPSA) is 29.5 Å². The van der Waals surface area contributed by atoms with Crippen LogP contribution < -0.4 is 0 Å². The van der Waals surface area contributed by atoms with Gasteiger partial charge in [0.1, 0.15) is 6.04 Å². The lowest BCUT2D eigenvalue weighted by molar-refractivity contribution is -0.188. The lowest BCUT2D eigenvalue weighted by Crippen LogP contribution is -2.48. The number of ketones is 1. The normalized spacial score (nSPS) is 20.3. The molecular formula is C16H18F3NO2. The standard InChI is InChI=1S/C16H18F3NO2/c1-2-22-11-14(12-6-4-3-5-7-12)20-9-8-13(21)10-15(20)16(17,18)19/h3-9,14-15H,2,10-11H2,1H3/t14-,15+/m0/s1. The quantitative estimate of drug-likeness (QED) is 0.833. The minimum absolute atomic E-state index is 0.131. The summed E-state index contributed by atoms with van der Waals surface area (Å²) >= 11 is 0. The fraction of sp³-hybridized carbons (Fsp3) is 0.438. The lowest BCUT2D eigenvalue weighted by atomic mass is 9.98. The third-order valence-corrected chi connectivity index (χ3v) is 3.59. The molecule has 1 aliphatic rings. The summed E-state index contributed by atoms with van der Waals surface area (Å²) in [5.74, 6) is -0.512. The van der Waals surface area contributed by atoms with Crippen LogP contribution in [0.15, 0.2) is 42.6 Å². The van der Waals surface area contributed by atoms with Gasteiger partial charge < -0.3 is 9.64 Å². The molecule has 6 heteroatoms. The van der Waals surface area contributed by atoms with Gasteiger partial charge in [-0.25, -0.2) is 0 Å². The monoisotopic (exact) mass is 313 g/mol. The lowest BCUT2D eigenvalue weighted by Gasteiger charge is -2.39. The van der Waals surface area contributed by atoms with Crippen LogP contribution >= 0.6 is 0 Å². The summed E-state index contributed by atoms with van der Waals surface area (Å²) in [5, 5.41) is 0.